The molecule has 0 saturated heterocycles. The minimum atomic E-state index is -4.20. The second kappa shape index (κ2) is 5.27. The van der Waals surface area contributed by atoms with Gasteiger partial charge < -0.3 is 17.0 Å². The van der Waals surface area contributed by atoms with Crippen LogP contribution < -0.4 is 17.0 Å². The Bertz CT molecular complexity index is 309. The number of aryl methyl sites for hydroxylation is 1. The summed E-state index contributed by atoms with van der Waals surface area (Å²) >= 11 is 0.855. The molecule has 0 aliphatic rings. The first-order valence-electron chi connectivity index (χ1n) is 3.91. The number of rotatable bonds is 1. The first kappa shape index (κ1) is 14.1. The normalized spacial score (nSPS) is 11.0. The van der Waals surface area contributed by atoms with Crippen LogP contribution in [0, 0.1) is 6.92 Å². The Morgan fingerprint density at radius 2 is 1.86 bits per heavy atom. The summed E-state index contributed by atoms with van der Waals surface area (Å²) in [6.07, 6.45) is -4.20. The van der Waals surface area contributed by atoms with Crippen LogP contribution in [0.5, 0.6) is 0 Å². The van der Waals surface area contributed by atoms with Crippen LogP contribution in [-0.2, 0) is 29.5 Å². The van der Waals surface area contributed by atoms with Crippen molar-refractivity contribution in [1.82, 2.24) is 0 Å². The van der Waals surface area contributed by atoms with Gasteiger partial charge in [-0.15, -0.1) is 0 Å². The van der Waals surface area contributed by atoms with Crippen molar-refractivity contribution in [3.63, 3.8) is 0 Å². The van der Waals surface area contributed by atoms with E-state index < -0.39 is 11.7 Å². The van der Waals surface area contributed by atoms with E-state index in [2.05, 4.69) is 0 Å². The first-order chi connectivity index (χ1) is 5.96. The molecule has 0 aliphatic heterocycles. The van der Waals surface area contributed by atoms with Crippen LogP contribution in [0.2, 0.25) is 0 Å². The minimum Gasteiger partial charge on any atom is -1.00 e. The van der Waals surface area contributed by atoms with Gasteiger partial charge in [0.05, 0.1) is 0 Å². The molecule has 0 radical (unpaired) electrons. The van der Waals surface area contributed by atoms with Gasteiger partial charge in [-0.25, -0.2) is 0 Å². The Hall–Kier alpha value is 0.113. The van der Waals surface area contributed by atoms with E-state index in [-0.39, 0.29) is 17.0 Å². The van der Waals surface area contributed by atoms with E-state index in [1.54, 1.807) is 13.0 Å². The summed E-state index contributed by atoms with van der Waals surface area (Å²) in [4.78, 5) is 0. The maximum absolute atomic E-state index is 12.4. The van der Waals surface area contributed by atoms with E-state index in [4.69, 9.17) is 0 Å². The summed E-state index contributed by atoms with van der Waals surface area (Å²) in [7, 11) is 0. The summed E-state index contributed by atoms with van der Waals surface area (Å²) in [6, 6.07) is 4.33. The molecule has 0 unspecified atom stereocenters. The molecule has 0 saturated carbocycles. The van der Waals surface area contributed by atoms with Gasteiger partial charge in [-0.05, 0) is 0 Å². The zero-order valence-electron chi connectivity index (χ0n) is 7.66. The first-order valence-corrected chi connectivity index (χ1v) is 6.01. The SMILES string of the molecule is Cc1cccc(C(F)(F)F)c1[CH2][Zn+].[Br-]. The van der Waals surface area contributed by atoms with Crippen LogP contribution >= 0.6 is 0 Å². The summed E-state index contributed by atoms with van der Waals surface area (Å²) in [5.74, 6) is 0. The average Bonchev–Trinajstić information content (AvgIpc) is 2.02. The monoisotopic (exact) mass is 316 g/mol. The maximum Gasteiger partial charge on any atom is -1.00 e. The van der Waals surface area contributed by atoms with Crippen molar-refractivity contribution in [2.24, 2.45) is 0 Å². The molecule has 0 bridgehead atoms. The molecule has 0 atom stereocenters. The Morgan fingerprint density at radius 3 is 2.21 bits per heavy atom. The Labute approximate surface area is 101 Å². The van der Waals surface area contributed by atoms with Gasteiger partial charge in [0.1, 0.15) is 0 Å². The smallest absolute Gasteiger partial charge is 1.00 e. The second-order valence-corrected chi connectivity index (χ2v) is 3.90. The van der Waals surface area contributed by atoms with Gasteiger partial charge in [0.25, 0.3) is 0 Å². The van der Waals surface area contributed by atoms with E-state index in [9.17, 15) is 13.2 Å². The molecule has 0 aliphatic carbocycles. The van der Waals surface area contributed by atoms with Gasteiger partial charge in [-0.2, -0.15) is 0 Å². The van der Waals surface area contributed by atoms with Crippen molar-refractivity contribution in [1.29, 1.82) is 0 Å². The van der Waals surface area contributed by atoms with Crippen molar-refractivity contribution >= 4 is 0 Å². The summed E-state index contributed by atoms with van der Waals surface area (Å²) in [5.41, 5.74) is 0.717. The molecule has 0 spiro atoms. The molecule has 0 aromatic heterocycles. The van der Waals surface area contributed by atoms with Gasteiger partial charge in [-0.1, -0.05) is 0 Å². The fraction of sp³-hybridized carbons (Fsp3) is 0.333. The molecule has 0 nitrogen and oxygen atoms in total. The largest absolute Gasteiger partial charge is 1.00 e. The molecule has 74 valence electrons. The molecule has 0 amide bonds. The number of hydrogen-bond acceptors (Lipinski definition) is 0. The van der Waals surface area contributed by atoms with Gasteiger partial charge in [0.15, 0.2) is 0 Å². The molecule has 0 fully saturated rings. The minimum absolute atomic E-state index is 0. The maximum atomic E-state index is 12.4. The van der Waals surface area contributed by atoms with E-state index in [0.717, 1.165) is 29.9 Å². The van der Waals surface area contributed by atoms with Crippen LogP contribution in [0.15, 0.2) is 18.2 Å². The van der Waals surface area contributed by atoms with Crippen molar-refractivity contribution in [2.45, 2.75) is 18.1 Å². The van der Waals surface area contributed by atoms with Crippen LogP contribution in [0.1, 0.15) is 16.7 Å². The third-order valence-corrected chi connectivity index (χ3v) is 3.01. The van der Waals surface area contributed by atoms with Gasteiger partial charge in [-0.3, -0.25) is 0 Å². The molecule has 1 aromatic carbocycles. The standard InChI is InChI=1S/C9H8F3.BrH.Zn/c1-6-4-3-5-8(7(6)2)9(10,11)12;;/h3-5H,2H2,1H3;1H;/q;;+1/p-1. The predicted octanol–water partition coefficient (Wildman–Crippen LogP) is 0.0646. The summed E-state index contributed by atoms with van der Waals surface area (Å²) in [6.45, 7) is 1.72. The average molecular weight is 318 g/mol. The Balaban J connectivity index is 0.00000169. The quantitative estimate of drug-likeness (QED) is 0.643. The van der Waals surface area contributed by atoms with E-state index in [0.29, 0.717) is 10.6 Å². The second-order valence-electron chi connectivity index (χ2n) is 2.85. The molecule has 0 heterocycles. The molecular formula is C9H8BrF3Zn. The van der Waals surface area contributed by atoms with Crippen molar-refractivity contribution < 1.29 is 48.5 Å². The van der Waals surface area contributed by atoms with E-state index in [1.807, 2.05) is 0 Å². The molecule has 1 rings (SSSR count). The zero-order chi connectivity index (χ0) is 10.1. The van der Waals surface area contributed by atoms with Gasteiger partial charge >= 0.3 is 84.5 Å². The van der Waals surface area contributed by atoms with Crippen molar-refractivity contribution in [3.05, 3.63) is 34.9 Å². The Kier molecular flexibility index (Phi) is 5.31. The van der Waals surface area contributed by atoms with Gasteiger partial charge in [0.2, 0.25) is 0 Å². The summed E-state index contributed by atoms with van der Waals surface area (Å²) in [5, 5.41) is 0.543. The Morgan fingerprint density at radius 1 is 1.29 bits per heavy atom. The number of hydrogen-bond donors (Lipinski definition) is 0. The van der Waals surface area contributed by atoms with Crippen LogP contribution in [0.3, 0.4) is 0 Å². The molecule has 14 heavy (non-hydrogen) atoms. The molecule has 5 heteroatoms. The molecule has 0 N–H and O–H groups in total. The van der Waals surface area contributed by atoms with Crippen LogP contribution in [-0.4, -0.2) is 0 Å². The third kappa shape index (κ3) is 3.06. The molecular weight excluding hydrogens is 310 g/mol. The zero-order valence-corrected chi connectivity index (χ0v) is 12.2. The third-order valence-electron chi connectivity index (χ3n) is 1.97. The van der Waals surface area contributed by atoms with Crippen molar-refractivity contribution in [2.75, 3.05) is 0 Å². The van der Waals surface area contributed by atoms with E-state index >= 15 is 0 Å². The molecule has 1 aromatic rings. The van der Waals surface area contributed by atoms with E-state index in [1.165, 1.54) is 6.07 Å². The topological polar surface area (TPSA) is 0 Å². The fourth-order valence-corrected chi connectivity index (χ4v) is 2.69. The number of alkyl halides is 3. The fourth-order valence-electron chi connectivity index (χ4n) is 1.30. The van der Waals surface area contributed by atoms with Gasteiger partial charge in [0, 0.05) is 0 Å². The van der Waals surface area contributed by atoms with Crippen LogP contribution in [0.25, 0.3) is 0 Å². The van der Waals surface area contributed by atoms with Crippen LogP contribution in [0.4, 0.5) is 13.2 Å². The van der Waals surface area contributed by atoms with Crippen molar-refractivity contribution in [3.8, 4) is 0 Å². The predicted molar refractivity (Wildman–Crippen MR) is 39.9 cm³/mol. The summed E-state index contributed by atoms with van der Waals surface area (Å²) < 4.78 is 37.3. The number of halogens is 4. The number of benzene rings is 1.